The van der Waals surface area contributed by atoms with Gasteiger partial charge in [-0.3, -0.25) is 0 Å². The molecule has 0 saturated heterocycles. The first-order chi connectivity index (χ1) is 7.83. The van der Waals surface area contributed by atoms with Gasteiger partial charge >= 0.3 is 0 Å². The summed E-state index contributed by atoms with van der Waals surface area (Å²) >= 11 is 0. The van der Waals surface area contributed by atoms with Crippen molar-refractivity contribution < 1.29 is 5.11 Å². The molecular weight excluding hydrogens is 198 g/mol. The molecule has 0 aliphatic carbocycles. The van der Waals surface area contributed by atoms with Crippen LogP contribution in [0.1, 0.15) is 11.1 Å². The normalized spacial score (nSPS) is 10.4. The summed E-state index contributed by atoms with van der Waals surface area (Å²) in [6, 6.07) is 16.1. The molecule has 0 saturated carbocycles. The highest BCUT2D eigenvalue weighted by Gasteiger charge is 1.97. The molecule has 0 amide bonds. The Hall–Kier alpha value is -1.64. The highest BCUT2D eigenvalue weighted by molar-refractivity contribution is 5.63. The van der Waals surface area contributed by atoms with Crippen LogP contribution in [0.4, 0.5) is 0 Å². The molecule has 0 bridgehead atoms. The smallest absolute Gasteiger partial charge is 0.0681 e. The molecule has 3 N–H and O–H groups in total. The Bertz CT molecular complexity index is 400. The number of aliphatic hydroxyl groups is 1. The van der Waals surface area contributed by atoms with Crippen molar-refractivity contribution in [1.82, 2.24) is 0 Å². The van der Waals surface area contributed by atoms with E-state index in [1.807, 2.05) is 36.4 Å². The first-order valence-corrected chi connectivity index (χ1v) is 5.32. The van der Waals surface area contributed by atoms with Gasteiger partial charge in [0.2, 0.25) is 0 Å². The van der Waals surface area contributed by atoms with E-state index in [0.29, 0.717) is 6.54 Å². The maximum absolute atomic E-state index is 8.95. The molecule has 2 nitrogen and oxygen atoms in total. The van der Waals surface area contributed by atoms with Crippen molar-refractivity contribution in [3.05, 3.63) is 59.7 Å². The average molecular weight is 213 g/mol. The summed E-state index contributed by atoms with van der Waals surface area (Å²) < 4.78 is 0. The van der Waals surface area contributed by atoms with Crippen molar-refractivity contribution in [1.29, 1.82) is 0 Å². The zero-order chi connectivity index (χ0) is 11.4. The lowest BCUT2D eigenvalue weighted by atomic mass is 10.0. The molecule has 2 aromatic rings. The van der Waals surface area contributed by atoms with Gasteiger partial charge in [0.05, 0.1) is 6.61 Å². The van der Waals surface area contributed by atoms with Crippen LogP contribution in [0.15, 0.2) is 48.5 Å². The lowest BCUT2D eigenvalue weighted by molar-refractivity contribution is 0.282. The highest BCUT2D eigenvalue weighted by Crippen LogP contribution is 2.20. The van der Waals surface area contributed by atoms with Gasteiger partial charge in [0, 0.05) is 6.54 Å². The van der Waals surface area contributed by atoms with Crippen LogP contribution in [-0.4, -0.2) is 5.11 Å². The van der Waals surface area contributed by atoms with Crippen LogP contribution in [0.2, 0.25) is 0 Å². The Morgan fingerprint density at radius 1 is 0.750 bits per heavy atom. The zero-order valence-electron chi connectivity index (χ0n) is 9.06. The molecule has 0 unspecified atom stereocenters. The first-order valence-electron chi connectivity index (χ1n) is 5.32. The highest BCUT2D eigenvalue weighted by atomic mass is 16.3. The second-order valence-electron chi connectivity index (χ2n) is 3.76. The Balaban J connectivity index is 2.28. The van der Waals surface area contributed by atoms with Crippen molar-refractivity contribution in [3.8, 4) is 11.1 Å². The second kappa shape index (κ2) is 4.92. The van der Waals surface area contributed by atoms with Gasteiger partial charge in [-0.1, -0.05) is 48.5 Å². The Morgan fingerprint density at radius 2 is 1.19 bits per heavy atom. The Morgan fingerprint density at radius 3 is 1.56 bits per heavy atom. The predicted molar refractivity (Wildman–Crippen MR) is 65.7 cm³/mol. The number of hydrogen-bond donors (Lipinski definition) is 2. The Labute approximate surface area is 95.4 Å². The van der Waals surface area contributed by atoms with Crippen molar-refractivity contribution in [3.63, 3.8) is 0 Å². The van der Waals surface area contributed by atoms with E-state index >= 15 is 0 Å². The van der Waals surface area contributed by atoms with Crippen LogP contribution in [0, 0.1) is 0 Å². The number of nitrogens with two attached hydrogens (primary N) is 1. The van der Waals surface area contributed by atoms with Crippen LogP contribution in [-0.2, 0) is 13.2 Å². The van der Waals surface area contributed by atoms with Crippen LogP contribution in [0.3, 0.4) is 0 Å². The molecule has 82 valence electrons. The van der Waals surface area contributed by atoms with Crippen molar-refractivity contribution in [2.45, 2.75) is 13.2 Å². The van der Waals surface area contributed by atoms with Gasteiger partial charge in [-0.2, -0.15) is 0 Å². The maximum atomic E-state index is 8.95. The van der Waals surface area contributed by atoms with E-state index < -0.39 is 0 Å². The molecule has 0 spiro atoms. The minimum Gasteiger partial charge on any atom is -0.392 e. The molecule has 0 radical (unpaired) electrons. The third-order valence-electron chi connectivity index (χ3n) is 2.66. The molecule has 0 fully saturated rings. The lowest BCUT2D eigenvalue weighted by Crippen LogP contribution is -1.95. The van der Waals surface area contributed by atoms with Crippen LogP contribution < -0.4 is 5.73 Å². The summed E-state index contributed by atoms with van der Waals surface area (Å²) in [5.74, 6) is 0. The topological polar surface area (TPSA) is 46.2 Å². The summed E-state index contributed by atoms with van der Waals surface area (Å²) in [6.07, 6.45) is 0. The largest absolute Gasteiger partial charge is 0.392 e. The average Bonchev–Trinajstić information content (AvgIpc) is 2.39. The van der Waals surface area contributed by atoms with E-state index in [2.05, 4.69) is 12.1 Å². The number of benzene rings is 2. The zero-order valence-corrected chi connectivity index (χ0v) is 9.06. The first kappa shape index (κ1) is 10.9. The van der Waals surface area contributed by atoms with Crippen molar-refractivity contribution in [2.24, 2.45) is 5.73 Å². The van der Waals surface area contributed by atoms with Crippen LogP contribution in [0.5, 0.6) is 0 Å². The van der Waals surface area contributed by atoms with Crippen LogP contribution in [0.25, 0.3) is 11.1 Å². The molecule has 0 aromatic heterocycles. The quantitative estimate of drug-likeness (QED) is 0.821. The molecule has 2 heteroatoms. The van der Waals surface area contributed by atoms with Gasteiger partial charge in [0.1, 0.15) is 0 Å². The fourth-order valence-corrected chi connectivity index (χ4v) is 1.64. The minimum atomic E-state index is 0.0897. The van der Waals surface area contributed by atoms with Gasteiger partial charge < -0.3 is 10.8 Å². The summed E-state index contributed by atoms with van der Waals surface area (Å²) in [6.45, 7) is 0.663. The third kappa shape index (κ3) is 2.30. The maximum Gasteiger partial charge on any atom is 0.0681 e. The Kier molecular flexibility index (Phi) is 3.34. The molecule has 2 rings (SSSR count). The summed E-state index contributed by atoms with van der Waals surface area (Å²) in [4.78, 5) is 0. The predicted octanol–water partition coefficient (Wildman–Crippen LogP) is 2.30. The molecule has 0 aliphatic heterocycles. The lowest BCUT2D eigenvalue weighted by Gasteiger charge is -2.04. The molecule has 16 heavy (non-hydrogen) atoms. The fourth-order valence-electron chi connectivity index (χ4n) is 1.64. The van der Waals surface area contributed by atoms with Crippen molar-refractivity contribution in [2.75, 3.05) is 0 Å². The molecule has 0 heterocycles. The monoisotopic (exact) mass is 213 g/mol. The van der Waals surface area contributed by atoms with Gasteiger partial charge in [0.25, 0.3) is 0 Å². The summed E-state index contributed by atoms with van der Waals surface area (Å²) in [5, 5.41) is 8.95. The van der Waals surface area contributed by atoms with E-state index in [1.54, 1.807) is 0 Å². The number of aliphatic hydroxyl groups excluding tert-OH is 1. The minimum absolute atomic E-state index is 0.0897. The van der Waals surface area contributed by atoms with E-state index in [4.69, 9.17) is 10.8 Å². The molecule has 0 aliphatic rings. The summed E-state index contributed by atoms with van der Waals surface area (Å²) in [5.41, 5.74) is 9.94. The fraction of sp³-hybridized carbons (Fsp3) is 0.143. The molecular formula is C14H15NO. The molecule has 2 aromatic carbocycles. The molecule has 0 atom stereocenters. The van der Waals surface area contributed by atoms with Gasteiger partial charge in [-0.15, -0.1) is 0 Å². The number of rotatable bonds is 3. The SMILES string of the molecule is NCc1ccc(-c2ccc(CO)cc2)cc1. The third-order valence-corrected chi connectivity index (χ3v) is 2.66. The van der Waals surface area contributed by atoms with E-state index in [-0.39, 0.29) is 6.61 Å². The van der Waals surface area contributed by atoms with Gasteiger partial charge in [0.15, 0.2) is 0 Å². The van der Waals surface area contributed by atoms with E-state index in [0.717, 1.165) is 16.7 Å². The number of hydrogen-bond acceptors (Lipinski definition) is 2. The van der Waals surface area contributed by atoms with E-state index in [9.17, 15) is 0 Å². The van der Waals surface area contributed by atoms with E-state index in [1.165, 1.54) is 5.56 Å². The second-order valence-corrected chi connectivity index (χ2v) is 3.76. The van der Waals surface area contributed by atoms with Crippen LogP contribution >= 0.6 is 0 Å². The van der Waals surface area contributed by atoms with Crippen molar-refractivity contribution >= 4 is 0 Å². The summed E-state index contributed by atoms with van der Waals surface area (Å²) in [7, 11) is 0. The van der Waals surface area contributed by atoms with Gasteiger partial charge in [-0.05, 0) is 22.3 Å². The van der Waals surface area contributed by atoms with Gasteiger partial charge in [-0.25, -0.2) is 0 Å². The standard InChI is InChI=1S/C14H15NO/c15-9-11-1-5-13(6-2-11)14-7-3-12(10-16)4-8-14/h1-8,16H,9-10,15H2.